The molecule has 0 fully saturated rings. The number of nitriles is 1. The van der Waals surface area contributed by atoms with Gasteiger partial charge in [0.25, 0.3) is 5.56 Å². The first-order valence-corrected chi connectivity index (χ1v) is 7.17. The summed E-state index contributed by atoms with van der Waals surface area (Å²) in [5.74, 6) is 0. The fourth-order valence-electron chi connectivity index (χ4n) is 2.19. The second kappa shape index (κ2) is 5.80. The van der Waals surface area contributed by atoms with Crippen LogP contribution in [-0.2, 0) is 6.54 Å². The average molecular weight is 330 g/mol. The summed E-state index contributed by atoms with van der Waals surface area (Å²) in [7, 11) is 0. The average Bonchev–Trinajstić information content (AvgIpc) is 2.51. The zero-order valence-corrected chi connectivity index (χ0v) is 12.8. The maximum atomic E-state index is 12.5. The molecule has 4 nitrogen and oxygen atoms in total. The topological polar surface area (TPSA) is 58.7 Å². The maximum absolute atomic E-state index is 12.5. The molecule has 0 radical (unpaired) electrons. The van der Waals surface area contributed by atoms with E-state index in [1.165, 1.54) is 10.9 Å². The third-order valence-electron chi connectivity index (χ3n) is 3.28. The summed E-state index contributed by atoms with van der Waals surface area (Å²) in [5.41, 5.74) is 1.70. The Bertz CT molecular complexity index is 956. The molecular formula is C16H9Cl2N3O. The second-order valence-corrected chi connectivity index (χ2v) is 5.61. The monoisotopic (exact) mass is 329 g/mol. The Kier molecular flexibility index (Phi) is 3.84. The van der Waals surface area contributed by atoms with Crippen molar-refractivity contribution in [2.75, 3.05) is 0 Å². The molecule has 0 aliphatic heterocycles. The predicted octanol–water partition coefficient (Wildman–Crippen LogP) is 3.62. The van der Waals surface area contributed by atoms with Crippen LogP contribution in [0.4, 0.5) is 0 Å². The Morgan fingerprint density at radius 1 is 1.18 bits per heavy atom. The van der Waals surface area contributed by atoms with Gasteiger partial charge in [0, 0.05) is 5.02 Å². The Morgan fingerprint density at radius 2 is 1.91 bits per heavy atom. The van der Waals surface area contributed by atoms with E-state index < -0.39 is 0 Å². The lowest BCUT2D eigenvalue weighted by molar-refractivity contribution is 0.748. The fourth-order valence-corrected chi connectivity index (χ4v) is 2.73. The summed E-state index contributed by atoms with van der Waals surface area (Å²) in [6.45, 7) is 0.359. The largest absolute Gasteiger partial charge is 0.294 e. The smallest absolute Gasteiger partial charge is 0.261 e. The normalized spacial score (nSPS) is 10.6. The van der Waals surface area contributed by atoms with E-state index in [2.05, 4.69) is 11.1 Å². The highest BCUT2D eigenvalue weighted by molar-refractivity contribution is 6.38. The van der Waals surface area contributed by atoms with E-state index >= 15 is 0 Å². The minimum absolute atomic E-state index is 0.209. The number of rotatable bonds is 2. The van der Waals surface area contributed by atoms with Gasteiger partial charge in [0.2, 0.25) is 0 Å². The van der Waals surface area contributed by atoms with Gasteiger partial charge in [-0.3, -0.25) is 9.36 Å². The highest BCUT2D eigenvalue weighted by Gasteiger charge is 2.09. The van der Waals surface area contributed by atoms with E-state index in [-0.39, 0.29) is 5.56 Å². The molecule has 1 heterocycles. The third kappa shape index (κ3) is 2.69. The van der Waals surface area contributed by atoms with Crippen molar-refractivity contribution < 1.29 is 0 Å². The summed E-state index contributed by atoms with van der Waals surface area (Å²) in [6.07, 6.45) is 1.46. The molecule has 108 valence electrons. The Balaban J connectivity index is 2.06. The van der Waals surface area contributed by atoms with Gasteiger partial charge in [-0.25, -0.2) is 4.98 Å². The number of hydrogen-bond acceptors (Lipinski definition) is 3. The van der Waals surface area contributed by atoms with Crippen molar-refractivity contribution in [1.29, 1.82) is 5.26 Å². The molecule has 0 saturated carbocycles. The molecule has 0 aliphatic rings. The fraction of sp³-hybridized carbons (Fsp3) is 0.0625. The van der Waals surface area contributed by atoms with E-state index in [1.807, 2.05) is 0 Å². The number of fused-ring (bicyclic) bond motifs is 1. The van der Waals surface area contributed by atoms with Crippen LogP contribution in [0, 0.1) is 11.3 Å². The Morgan fingerprint density at radius 3 is 2.59 bits per heavy atom. The highest BCUT2D eigenvalue weighted by Crippen LogP contribution is 2.24. The van der Waals surface area contributed by atoms with Crippen molar-refractivity contribution in [3.63, 3.8) is 0 Å². The molecule has 0 unspecified atom stereocenters. The lowest BCUT2D eigenvalue weighted by Gasteiger charge is -2.08. The molecule has 0 spiro atoms. The SMILES string of the molecule is N#Cc1ccc(Cn2cnc3c(Cl)cc(Cl)cc3c2=O)cc1. The first kappa shape index (κ1) is 14.6. The van der Waals surface area contributed by atoms with E-state index in [0.717, 1.165) is 5.56 Å². The van der Waals surface area contributed by atoms with Gasteiger partial charge >= 0.3 is 0 Å². The van der Waals surface area contributed by atoms with Crippen molar-refractivity contribution in [2.24, 2.45) is 0 Å². The number of aromatic nitrogens is 2. The first-order valence-electron chi connectivity index (χ1n) is 6.42. The molecule has 0 saturated heterocycles. The van der Waals surface area contributed by atoms with Crippen LogP contribution in [0.1, 0.15) is 11.1 Å². The number of hydrogen-bond donors (Lipinski definition) is 0. The molecule has 1 aromatic heterocycles. The second-order valence-electron chi connectivity index (χ2n) is 4.77. The number of nitrogens with zero attached hydrogens (tertiary/aromatic N) is 3. The maximum Gasteiger partial charge on any atom is 0.261 e. The summed E-state index contributed by atoms with van der Waals surface area (Å²) in [6, 6.07) is 12.2. The first-order chi connectivity index (χ1) is 10.6. The van der Waals surface area contributed by atoms with Crippen LogP contribution in [0.2, 0.25) is 10.0 Å². The predicted molar refractivity (Wildman–Crippen MR) is 86.3 cm³/mol. The molecule has 0 bridgehead atoms. The van der Waals surface area contributed by atoms with E-state index in [0.29, 0.717) is 33.1 Å². The van der Waals surface area contributed by atoms with E-state index in [9.17, 15) is 4.79 Å². The van der Waals surface area contributed by atoms with Crippen molar-refractivity contribution in [3.8, 4) is 6.07 Å². The van der Waals surface area contributed by atoms with Gasteiger partial charge in [0.1, 0.15) is 0 Å². The minimum Gasteiger partial charge on any atom is -0.294 e. The van der Waals surface area contributed by atoms with Gasteiger partial charge in [0.05, 0.1) is 40.4 Å². The molecule has 0 atom stereocenters. The van der Waals surface area contributed by atoms with Crippen LogP contribution in [0.3, 0.4) is 0 Å². The highest BCUT2D eigenvalue weighted by atomic mass is 35.5. The van der Waals surface area contributed by atoms with Crippen LogP contribution < -0.4 is 5.56 Å². The Hall–Kier alpha value is -2.35. The third-order valence-corrected chi connectivity index (χ3v) is 3.79. The number of benzene rings is 2. The minimum atomic E-state index is -0.209. The molecule has 0 amide bonds. The van der Waals surface area contributed by atoms with Crippen molar-refractivity contribution in [3.05, 3.63) is 74.3 Å². The van der Waals surface area contributed by atoms with Gasteiger partial charge in [-0.05, 0) is 29.8 Å². The lowest BCUT2D eigenvalue weighted by atomic mass is 10.1. The van der Waals surface area contributed by atoms with Gasteiger partial charge in [-0.15, -0.1) is 0 Å². The summed E-state index contributed by atoms with van der Waals surface area (Å²) < 4.78 is 1.48. The number of halogens is 2. The van der Waals surface area contributed by atoms with Crippen LogP contribution in [0.25, 0.3) is 10.9 Å². The van der Waals surface area contributed by atoms with Crippen LogP contribution in [-0.4, -0.2) is 9.55 Å². The molecule has 0 N–H and O–H groups in total. The van der Waals surface area contributed by atoms with Crippen molar-refractivity contribution >= 4 is 34.1 Å². The van der Waals surface area contributed by atoms with Gasteiger partial charge in [-0.2, -0.15) is 5.26 Å². The van der Waals surface area contributed by atoms with E-state index in [4.69, 9.17) is 28.5 Å². The molecule has 2 aromatic carbocycles. The van der Waals surface area contributed by atoms with Crippen LogP contribution >= 0.6 is 23.2 Å². The van der Waals surface area contributed by atoms with Gasteiger partial charge < -0.3 is 0 Å². The molecule has 3 aromatic rings. The van der Waals surface area contributed by atoms with Crippen LogP contribution in [0.15, 0.2) is 47.5 Å². The molecule has 6 heteroatoms. The molecule has 3 rings (SSSR count). The lowest BCUT2D eigenvalue weighted by Crippen LogP contribution is -2.21. The molecule has 0 aliphatic carbocycles. The quantitative estimate of drug-likeness (QED) is 0.721. The van der Waals surface area contributed by atoms with Gasteiger partial charge in [-0.1, -0.05) is 35.3 Å². The summed E-state index contributed by atoms with van der Waals surface area (Å²) in [5, 5.41) is 9.92. The standard InChI is InChI=1S/C16H9Cl2N3O/c17-12-5-13-15(14(18)6-12)20-9-21(16(13)22)8-11-3-1-10(7-19)2-4-11/h1-6,9H,8H2. The summed E-state index contributed by atoms with van der Waals surface area (Å²) >= 11 is 12.0. The Labute approximate surface area is 136 Å². The van der Waals surface area contributed by atoms with Crippen molar-refractivity contribution in [1.82, 2.24) is 9.55 Å². The zero-order valence-electron chi connectivity index (χ0n) is 11.3. The van der Waals surface area contributed by atoms with Crippen LogP contribution in [0.5, 0.6) is 0 Å². The summed E-state index contributed by atoms with van der Waals surface area (Å²) in [4.78, 5) is 16.7. The van der Waals surface area contributed by atoms with E-state index in [1.54, 1.807) is 36.4 Å². The molecule has 22 heavy (non-hydrogen) atoms. The van der Waals surface area contributed by atoms with Gasteiger partial charge in [0.15, 0.2) is 0 Å². The van der Waals surface area contributed by atoms with Crippen molar-refractivity contribution in [2.45, 2.75) is 6.54 Å². The molecular weight excluding hydrogens is 321 g/mol. The zero-order chi connectivity index (χ0) is 15.7.